The normalized spacial score (nSPS) is 20.3. The third-order valence-corrected chi connectivity index (χ3v) is 14.4. The van der Waals surface area contributed by atoms with Gasteiger partial charge < -0.3 is 48.4 Å². The Kier molecular flexibility index (Phi) is 15.5. The van der Waals surface area contributed by atoms with Gasteiger partial charge in [-0.1, -0.05) is 35.1 Å². The Hall–Kier alpha value is -6.23. The van der Waals surface area contributed by atoms with Gasteiger partial charge in [-0.3, -0.25) is 19.7 Å². The molecule has 5 heterocycles. The molecule has 0 unspecified atom stereocenters. The number of aliphatic hydroxyl groups is 2. The lowest BCUT2D eigenvalue weighted by atomic mass is 10.1. The monoisotopic (exact) mass is 992 g/mol. The molecule has 22 heteroatoms. The maximum Gasteiger partial charge on any atom is 0.417 e. The predicted octanol–water partition coefficient (Wildman–Crippen LogP) is 7.35. The highest BCUT2D eigenvalue weighted by atomic mass is 33.1. The number of pyridine rings is 1. The Morgan fingerprint density at radius 1 is 0.826 bits per heavy atom. The van der Waals surface area contributed by atoms with Crippen LogP contribution in [-0.2, 0) is 9.47 Å². The number of rotatable bonds is 16. The summed E-state index contributed by atoms with van der Waals surface area (Å²) in [6.45, 7) is 15.7. The first-order valence-corrected chi connectivity index (χ1v) is 24.4. The van der Waals surface area contributed by atoms with E-state index < -0.39 is 59.1 Å². The smallest absolute Gasteiger partial charge is 0.417 e. The van der Waals surface area contributed by atoms with E-state index in [0.717, 1.165) is 21.6 Å². The average Bonchev–Trinajstić information content (AvgIpc) is 3.87. The molecule has 69 heavy (non-hydrogen) atoms. The first kappa shape index (κ1) is 50.6. The quantitative estimate of drug-likeness (QED) is 0.0469. The molecule has 2 N–H and O–H groups in total. The van der Waals surface area contributed by atoms with E-state index in [9.17, 15) is 39.5 Å². The molecular weight excluding hydrogens is 937 g/mol. The van der Waals surface area contributed by atoms with E-state index >= 15 is 0 Å². The zero-order valence-corrected chi connectivity index (χ0v) is 40.8. The van der Waals surface area contributed by atoms with Crippen molar-refractivity contribution in [2.24, 2.45) is 0 Å². The molecule has 5 atom stereocenters. The van der Waals surface area contributed by atoms with Crippen LogP contribution < -0.4 is 28.7 Å². The standard InChI is InChI=1S/C47H56N6O14S2/c1-26-16-34-43(56)51(45(58)66-25-28(3)68-69-40-13-12-29(22-48-40)53(60)61)32-20-38(36(62-7)18-30(32)41(54)49(34)23-26)64-14-10-9-11-15-65-39-21-33-31(19-37(39)63-8)42(55)50-24-27(2)17-35(50)44(57)52(33)46(59)67-47(4,5)6/h12-13,18-22,28,34-35,43-44,56-57H,1-2,9-11,14-17,23-25H2,3-8H3/t28-,34-,35-,43-,44-/m0/s1. The highest BCUT2D eigenvalue weighted by Crippen LogP contribution is 2.44. The van der Waals surface area contributed by atoms with Crippen molar-refractivity contribution in [2.45, 2.75) is 100 Å². The third-order valence-electron chi connectivity index (χ3n) is 11.6. The predicted molar refractivity (Wildman–Crippen MR) is 256 cm³/mol. The van der Waals surface area contributed by atoms with Gasteiger partial charge in [-0.05, 0) is 88.8 Å². The van der Waals surface area contributed by atoms with Gasteiger partial charge >= 0.3 is 12.2 Å². The minimum absolute atomic E-state index is 0.0754. The van der Waals surface area contributed by atoms with Gasteiger partial charge in [0.25, 0.3) is 17.5 Å². The number of unbranched alkanes of at least 4 members (excludes halogenated alkanes) is 2. The molecule has 4 aliphatic rings. The first-order chi connectivity index (χ1) is 32.8. The van der Waals surface area contributed by atoms with Crippen molar-refractivity contribution < 1.29 is 62.7 Å². The van der Waals surface area contributed by atoms with Gasteiger partial charge in [-0.15, -0.1) is 0 Å². The number of hydrogen-bond donors (Lipinski definition) is 2. The minimum atomic E-state index is -1.49. The summed E-state index contributed by atoms with van der Waals surface area (Å²) in [7, 11) is 5.46. The fraction of sp³-hybridized carbons (Fsp3) is 0.468. The van der Waals surface area contributed by atoms with Crippen LogP contribution in [0.3, 0.4) is 0 Å². The van der Waals surface area contributed by atoms with Crippen LogP contribution in [0, 0.1) is 10.1 Å². The number of carbonyl (C=O) groups is 4. The Morgan fingerprint density at radius 2 is 1.33 bits per heavy atom. The van der Waals surface area contributed by atoms with Crippen LogP contribution in [0.4, 0.5) is 26.7 Å². The van der Waals surface area contributed by atoms with Gasteiger partial charge in [0.15, 0.2) is 35.5 Å². The lowest BCUT2D eigenvalue weighted by Crippen LogP contribution is -2.51. The summed E-state index contributed by atoms with van der Waals surface area (Å²) in [5.74, 6) is 0.135. The number of methoxy groups -OCH3 is 2. The van der Waals surface area contributed by atoms with Gasteiger partial charge in [0.2, 0.25) is 0 Å². The molecule has 0 spiro atoms. The van der Waals surface area contributed by atoms with E-state index in [-0.39, 0.29) is 95.8 Å². The summed E-state index contributed by atoms with van der Waals surface area (Å²) in [5.41, 5.74) is 0.868. The summed E-state index contributed by atoms with van der Waals surface area (Å²) in [5, 5.41) is 34.6. The molecule has 4 aliphatic heterocycles. The highest BCUT2D eigenvalue weighted by molar-refractivity contribution is 8.76. The van der Waals surface area contributed by atoms with E-state index in [4.69, 9.17) is 28.4 Å². The van der Waals surface area contributed by atoms with Crippen molar-refractivity contribution in [3.63, 3.8) is 0 Å². The van der Waals surface area contributed by atoms with Crippen molar-refractivity contribution in [3.8, 4) is 23.0 Å². The maximum absolute atomic E-state index is 14.0. The Balaban J connectivity index is 1.01. The molecule has 0 aliphatic carbocycles. The lowest BCUT2D eigenvalue weighted by Gasteiger charge is -2.33. The zero-order valence-electron chi connectivity index (χ0n) is 39.2. The Labute approximate surface area is 407 Å². The van der Waals surface area contributed by atoms with Gasteiger partial charge in [0.05, 0.1) is 66.9 Å². The molecule has 0 radical (unpaired) electrons. The van der Waals surface area contributed by atoms with E-state index in [1.54, 1.807) is 20.8 Å². The number of anilines is 2. The topological polar surface area (TPSA) is 233 Å². The highest BCUT2D eigenvalue weighted by Gasteiger charge is 2.48. The van der Waals surface area contributed by atoms with Gasteiger partial charge in [0.1, 0.15) is 23.4 Å². The lowest BCUT2D eigenvalue weighted by molar-refractivity contribution is -0.385. The molecule has 370 valence electrons. The molecule has 0 saturated carbocycles. The number of carbonyl (C=O) groups excluding carboxylic acids is 4. The molecule has 3 aromatic rings. The largest absolute Gasteiger partial charge is 0.493 e. The Bertz CT molecular complexity index is 2500. The van der Waals surface area contributed by atoms with Crippen LogP contribution in [0.15, 0.2) is 71.9 Å². The summed E-state index contributed by atoms with van der Waals surface area (Å²) < 4.78 is 35.1. The van der Waals surface area contributed by atoms with Crippen molar-refractivity contribution in [2.75, 3.05) is 56.9 Å². The molecule has 0 bridgehead atoms. The maximum atomic E-state index is 14.0. The fourth-order valence-corrected chi connectivity index (χ4v) is 10.2. The van der Waals surface area contributed by atoms with E-state index in [1.165, 1.54) is 82.0 Å². The summed E-state index contributed by atoms with van der Waals surface area (Å²) in [6, 6.07) is 7.32. The van der Waals surface area contributed by atoms with E-state index in [0.29, 0.717) is 36.3 Å². The van der Waals surface area contributed by atoms with Crippen LogP contribution in [0.25, 0.3) is 0 Å². The molecule has 2 aromatic carbocycles. The van der Waals surface area contributed by atoms with Crippen molar-refractivity contribution in [1.82, 2.24) is 14.8 Å². The number of aromatic nitrogens is 1. The number of aliphatic hydroxyl groups excluding tert-OH is 2. The van der Waals surface area contributed by atoms with Crippen LogP contribution in [0.1, 0.15) is 80.5 Å². The minimum Gasteiger partial charge on any atom is -0.493 e. The summed E-state index contributed by atoms with van der Waals surface area (Å²) in [6.07, 6.45) is -1.20. The number of benzene rings is 2. The first-order valence-electron chi connectivity index (χ1n) is 22.2. The molecule has 4 amide bonds. The fourth-order valence-electron chi connectivity index (χ4n) is 8.37. The van der Waals surface area contributed by atoms with Crippen molar-refractivity contribution in [1.29, 1.82) is 0 Å². The summed E-state index contributed by atoms with van der Waals surface area (Å²) >= 11 is 0. The third kappa shape index (κ3) is 11.1. The Morgan fingerprint density at radius 3 is 1.78 bits per heavy atom. The second-order valence-corrected chi connectivity index (χ2v) is 20.6. The van der Waals surface area contributed by atoms with E-state index in [1.807, 2.05) is 6.92 Å². The van der Waals surface area contributed by atoms with Crippen LogP contribution in [0.5, 0.6) is 23.0 Å². The molecule has 1 aromatic heterocycles. The number of amides is 4. The number of hydrogen-bond acceptors (Lipinski definition) is 17. The van der Waals surface area contributed by atoms with Crippen LogP contribution >= 0.6 is 21.6 Å². The van der Waals surface area contributed by atoms with Gasteiger partial charge in [-0.25, -0.2) is 24.4 Å². The molecule has 20 nitrogen and oxygen atoms in total. The van der Waals surface area contributed by atoms with E-state index in [2.05, 4.69) is 18.1 Å². The van der Waals surface area contributed by atoms with Crippen LogP contribution in [0.2, 0.25) is 0 Å². The average molecular weight is 993 g/mol. The summed E-state index contributed by atoms with van der Waals surface area (Å²) in [4.78, 5) is 75.2. The number of fused-ring (bicyclic) bond motifs is 4. The van der Waals surface area contributed by atoms with Crippen molar-refractivity contribution in [3.05, 3.63) is 88.1 Å². The molecular formula is C47H56N6O14S2. The zero-order chi connectivity index (χ0) is 49.9. The molecule has 2 saturated heterocycles. The number of nitrogens with zero attached hydrogens (tertiary/aromatic N) is 6. The second-order valence-electron chi connectivity index (χ2n) is 17.9. The van der Waals surface area contributed by atoms with Gasteiger partial charge in [0, 0.05) is 36.5 Å². The molecule has 7 rings (SSSR count). The molecule has 2 fully saturated rings. The van der Waals surface area contributed by atoms with Crippen molar-refractivity contribution >= 4 is 62.7 Å². The SMILES string of the molecule is C=C1C[C@H]2[C@H](O)N(C(=O)OC[C@H](C)SSc3ccc([N+](=O)[O-])cn3)c3cc(OCCCCCOc4cc5c(cc4OC)C(=O)N4CC(=C)C[C@H]4[C@H](O)N5C(=O)OC(C)(C)C)c(OC)cc3C(=O)N2C1. The van der Waals surface area contributed by atoms with Crippen LogP contribution in [-0.4, -0.2) is 136 Å². The number of ether oxygens (including phenoxy) is 6. The van der Waals surface area contributed by atoms with Gasteiger partial charge in [-0.2, -0.15) is 0 Å². The number of nitro groups is 1. The second kappa shape index (κ2) is 21.2.